The summed E-state index contributed by atoms with van der Waals surface area (Å²) in [5, 5.41) is 3.79. The average molecular weight is 391 g/mol. The number of rotatable bonds is 4. The fourth-order valence-corrected chi connectivity index (χ4v) is 2.96. The number of pyridine rings is 1. The van der Waals surface area contributed by atoms with Crippen molar-refractivity contribution in [3.63, 3.8) is 0 Å². The van der Waals surface area contributed by atoms with Gasteiger partial charge in [0.05, 0.1) is 27.6 Å². The molecule has 5 nitrogen and oxygen atoms in total. The molecule has 0 radical (unpaired) electrons. The summed E-state index contributed by atoms with van der Waals surface area (Å²) in [7, 11) is 1.78. The van der Waals surface area contributed by atoms with E-state index in [4.69, 9.17) is 27.9 Å². The molecule has 1 amide bonds. The molecule has 0 saturated carbocycles. The summed E-state index contributed by atoms with van der Waals surface area (Å²) >= 11 is 11.8. The van der Waals surface area contributed by atoms with Gasteiger partial charge in [-0.2, -0.15) is 0 Å². The highest BCUT2D eigenvalue weighted by atomic mass is 35.5. The van der Waals surface area contributed by atoms with E-state index in [2.05, 4.69) is 5.32 Å². The van der Waals surface area contributed by atoms with Gasteiger partial charge in [0, 0.05) is 18.9 Å². The summed E-state index contributed by atoms with van der Waals surface area (Å²) in [5.74, 6) is 0.0619. The molecular formula is C19H16Cl2N2O3. The third-order valence-electron chi connectivity index (χ3n) is 3.89. The van der Waals surface area contributed by atoms with Crippen molar-refractivity contribution in [1.82, 2.24) is 4.57 Å². The molecule has 1 N–H and O–H groups in total. The fourth-order valence-electron chi connectivity index (χ4n) is 2.66. The van der Waals surface area contributed by atoms with Crippen molar-refractivity contribution in [3.8, 4) is 5.75 Å². The first kappa shape index (κ1) is 18.3. The second-order valence-electron chi connectivity index (χ2n) is 5.68. The fraction of sp³-hybridized carbons (Fsp3) is 0.158. The van der Waals surface area contributed by atoms with Gasteiger partial charge in [0.25, 0.3) is 5.91 Å². The summed E-state index contributed by atoms with van der Waals surface area (Å²) < 4.78 is 7.19. The van der Waals surface area contributed by atoms with Crippen LogP contribution < -0.4 is 15.5 Å². The molecule has 3 aromatic rings. The zero-order chi connectivity index (χ0) is 18.8. The van der Waals surface area contributed by atoms with Crippen LogP contribution in [0.1, 0.15) is 17.3 Å². The highest BCUT2D eigenvalue weighted by molar-refractivity contribution is 6.42. The number of aryl methyl sites for hydroxylation is 1. The summed E-state index contributed by atoms with van der Waals surface area (Å²) in [6.07, 6.45) is 1.51. The summed E-state index contributed by atoms with van der Waals surface area (Å²) in [5.41, 5.74) is 0.830. The van der Waals surface area contributed by atoms with Gasteiger partial charge in [-0.15, -0.1) is 0 Å². The molecular weight excluding hydrogens is 375 g/mol. The van der Waals surface area contributed by atoms with Crippen molar-refractivity contribution < 1.29 is 9.53 Å². The van der Waals surface area contributed by atoms with Crippen LogP contribution >= 0.6 is 23.2 Å². The van der Waals surface area contributed by atoms with Gasteiger partial charge in [-0.25, -0.2) is 0 Å². The number of amides is 1. The second-order valence-corrected chi connectivity index (χ2v) is 6.49. The van der Waals surface area contributed by atoms with E-state index in [1.807, 2.05) is 6.92 Å². The van der Waals surface area contributed by atoms with E-state index < -0.39 is 5.91 Å². The summed E-state index contributed by atoms with van der Waals surface area (Å²) in [4.78, 5) is 25.4. The standard InChI is InChI=1S/C19H16Cl2N2O3/c1-3-26-12-5-7-17-13(9-12)18(24)14(10-23(17)2)19(25)22-11-4-6-15(20)16(21)8-11/h4-10H,3H2,1-2H3,(H,22,25). The molecule has 0 unspecified atom stereocenters. The molecule has 0 bridgehead atoms. The largest absolute Gasteiger partial charge is 0.494 e. The number of anilines is 1. The van der Waals surface area contributed by atoms with Crippen LogP contribution in [-0.2, 0) is 7.05 Å². The van der Waals surface area contributed by atoms with Crippen LogP contribution in [0.4, 0.5) is 5.69 Å². The Balaban J connectivity index is 2.03. The number of carbonyl (C=O) groups is 1. The molecule has 0 fully saturated rings. The van der Waals surface area contributed by atoms with E-state index in [0.717, 1.165) is 0 Å². The topological polar surface area (TPSA) is 60.3 Å². The number of hydrogen-bond donors (Lipinski definition) is 1. The van der Waals surface area contributed by atoms with Gasteiger partial charge in [0.2, 0.25) is 5.43 Å². The molecule has 7 heteroatoms. The van der Waals surface area contributed by atoms with Crippen LogP contribution in [0.15, 0.2) is 47.4 Å². The maximum atomic E-state index is 12.8. The molecule has 0 aliphatic carbocycles. The van der Waals surface area contributed by atoms with Crippen LogP contribution in [0, 0.1) is 0 Å². The molecule has 134 valence electrons. The van der Waals surface area contributed by atoms with Crippen molar-refractivity contribution in [2.75, 3.05) is 11.9 Å². The third-order valence-corrected chi connectivity index (χ3v) is 4.63. The van der Waals surface area contributed by atoms with Gasteiger partial charge in [-0.05, 0) is 43.3 Å². The van der Waals surface area contributed by atoms with E-state index >= 15 is 0 Å². The Labute approximate surface area is 160 Å². The van der Waals surface area contributed by atoms with Crippen molar-refractivity contribution in [1.29, 1.82) is 0 Å². The van der Waals surface area contributed by atoms with Crippen LogP contribution in [0.5, 0.6) is 5.75 Å². The van der Waals surface area contributed by atoms with Gasteiger partial charge in [0.15, 0.2) is 0 Å². The van der Waals surface area contributed by atoms with Gasteiger partial charge < -0.3 is 14.6 Å². The number of hydrogen-bond acceptors (Lipinski definition) is 3. The van der Waals surface area contributed by atoms with Crippen LogP contribution in [0.3, 0.4) is 0 Å². The van der Waals surface area contributed by atoms with E-state index in [1.54, 1.807) is 41.9 Å². The van der Waals surface area contributed by atoms with Gasteiger partial charge in [-0.3, -0.25) is 9.59 Å². The molecule has 1 heterocycles. The van der Waals surface area contributed by atoms with Crippen LogP contribution in [0.25, 0.3) is 10.9 Å². The predicted molar refractivity (Wildman–Crippen MR) is 105 cm³/mol. The highest BCUT2D eigenvalue weighted by Gasteiger charge is 2.16. The Morgan fingerprint density at radius 1 is 1.15 bits per heavy atom. The Morgan fingerprint density at radius 2 is 1.92 bits per heavy atom. The SMILES string of the molecule is CCOc1ccc2c(c1)c(=O)c(C(=O)Nc1ccc(Cl)c(Cl)c1)cn2C. The first-order chi connectivity index (χ1) is 12.4. The normalized spacial score (nSPS) is 10.8. The summed E-state index contributed by atoms with van der Waals surface area (Å²) in [6.45, 7) is 2.35. The Kier molecular flexibility index (Phi) is 5.20. The lowest BCUT2D eigenvalue weighted by Crippen LogP contribution is -2.23. The monoisotopic (exact) mass is 390 g/mol. The van der Waals surface area contributed by atoms with Crippen LogP contribution in [-0.4, -0.2) is 17.1 Å². The maximum Gasteiger partial charge on any atom is 0.261 e. The number of benzene rings is 2. The Bertz CT molecular complexity index is 1060. The predicted octanol–water partition coefficient (Wildman–Crippen LogP) is 4.50. The zero-order valence-electron chi connectivity index (χ0n) is 14.2. The van der Waals surface area contributed by atoms with Crippen LogP contribution in [0.2, 0.25) is 10.0 Å². The lowest BCUT2D eigenvalue weighted by atomic mass is 10.1. The van der Waals surface area contributed by atoms with Crippen molar-refractivity contribution in [3.05, 3.63) is 68.4 Å². The zero-order valence-corrected chi connectivity index (χ0v) is 15.7. The number of carbonyl (C=O) groups excluding carboxylic acids is 1. The number of nitrogens with zero attached hydrogens (tertiary/aromatic N) is 1. The van der Waals surface area contributed by atoms with Crippen molar-refractivity contribution >= 4 is 45.7 Å². The van der Waals surface area contributed by atoms with Gasteiger partial charge in [0.1, 0.15) is 11.3 Å². The van der Waals surface area contributed by atoms with E-state index in [9.17, 15) is 9.59 Å². The maximum absolute atomic E-state index is 12.8. The minimum Gasteiger partial charge on any atom is -0.494 e. The quantitative estimate of drug-likeness (QED) is 0.713. The third kappa shape index (κ3) is 3.54. The average Bonchev–Trinajstić information content (AvgIpc) is 2.61. The molecule has 0 saturated heterocycles. The van der Waals surface area contributed by atoms with E-state index in [1.165, 1.54) is 12.3 Å². The smallest absolute Gasteiger partial charge is 0.261 e. The van der Waals surface area contributed by atoms with Gasteiger partial charge in [-0.1, -0.05) is 23.2 Å². The number of fused-ring (bicyclic) bond motifs is 1. The van der Waals surface area contributed by atoms with Crippen molar-refractivity contribution in [2.24, 2.45) is 7.05 Å². The Hall–Kier alpha value is -2.50. The molecule has 0 aliphatic heterocycles. The first-order valence-electron chi connectivity index (χ1n) is 7.93. The highest BCUT2D eigenvalue weighted by Crippen LogP contribution is 2.25. The molecule has 0 spiro atoms. The number of ether oxygens (including phenoxy) is 1. The minimum atomic E-state index is -0.521. The second kappa shape index (κ2) is 7.40. The molecule has 2 aromatic carbocycles. The molecule has 3 rings (SSSR count). The summed E-state index contributed by atoms with van der Waals surface area (Å²) in [6, 6.07) is 9.96. The van der Waals surface area contributed by atoms with Crippen molar-refractivity contribution in [2.45, 2.75) is 6.92 Å². The Morgan fingerprint density at radius 3 is 2.62 bits per heavy atom. The molecule has 0 aliphatic rings. The molecule has 1 aromatic heterocycles. The van der Waals surface area contributed by atoms with E-state index in [0.29, 0.717) is 39.0 Å². The lowest BCUT2D eigenvalue weighted by Gasteiger charge is -2.11. The molecule has 0 atom stereocenters. The number of nitrogens with one attached hydrogen (secondary N) is 1. The lowest BCUT2D eigenvalue weighted by molar-refractivity contribution is 0.102. The van der Waals surface area contributed by atoms with Gasteiger partial charge >= 0.3 is 0 Å². The first-order valence-corrected chi connectivity index (χ1v) is 8.69. The number of aromatic nitrogens is 1. The minimum absolute atomic E-state index is 0.0275. The molecule has 26 heavy (non-hydrogen) atoms. The number of halogens is 2. The van der Waals surface area contributed by atoms with E-state index in [-0.39, 0.29) is 11.0 Å².